The first-order chi connectivity index (χ1) is 12.8. The fourth-order valence-corrected chi connectivity index (χ4v) is 2.24. The minimum atomic E-state index is -0.690. The van der Waals surface area contributed by atoms with Crippen LogP contribution >= 0.6 is 0 Å². The van der Waals surface area contributed by atoms with Gasteiger partial charge >= 0.3 is 11.9 Å². The zero-order chi connectivity index (χ0) is 20.0. The summed E-state index contributed by atoms with van der Waals surface area (Å²) >= 11 is 0. The number of esters is 2. The molecule has 0 unspecified atom stereocenters. The van der Waals surface area contributed by atoms with E-state index in [0.717, 1.165) is 16.8 Å². The number of H-pyrrole nitrogens is 1. The summed E-state index contributed by atoms with van der Waals surface area (Å²) in [6.45, 7) is -0.0543. The van der Waals surface area contributed by atoms with Gasteiger partial charge in [-0.3, -0.25) is 19.5 Å². The molecule has 27 heavy (non-hydrogen) atoms. The Kier molecular flexibility index (Phi) is 6.26. The molecule has 10 nitrogen and oxygen atoms in total. The monoisotopic (exact) mass is 375 g/mol. The maximum atomic E-state index is 12.1. The van der Waals surface area contributed by atoms with Crippen molar-refractivity contribution in [1.29, 1.82) is 0 Å². The molecule has 0 atom stereocenters. The van der Waals surface area contributed by atoms with Crippen LogP contribution < -0.4 is 16.4 Å². The van der Waals surface area contributed by atoms with Crippen molar-refractivity contribution in [3.63, 3.8) is 0 Å². The Bertz CT molecular complexity index is 956. The lowest BCUT2D eigenvalue weighted by Crippen LogP contribution is -2.29. The van der Waals surface area contributed by atoms with Crippen LogP contribution in [0.15, 0.2) is 39.9 Å². The number of benzene rings is 1. The average molecular weight is 375 g/mol. The first kappa shape index (κ1) is 19.6. The van der Waals surface area contributed by atoms with Gasteiger partial charge in [0.2, 0.25) is 5.91 Å². The van der Waals surface area contributed by atoms with E-state index in [1.54, 1.807) is 0 Å². The summed E-state index contributed by atoms with van der Waals surface area (Å²) in [6.07, 6.45) is -0.129. The second-order valence-corrected chi connectivity index (χ2v) is 5.38. The van der Waals surface area contributed by atoms with E-state index < -0.39 is 29.0 Å². The molecule has 0 aliphatic heterocycles. The lowest BCUT2D eigenvalue weighted by molar-refractivity contribution is -0.116. The van der Waals surface area contributed by atoms with Gasteiger partial charge in [0, 0.05) is 24.2 Å². The Hall–Kier alpha value is -3.69. The molecule has 0 saturated heterocycles. The molecule has 2 rings (SSSR count). The van der Waals surface area contributed by atoms with Crippen LogP contribution in [0, 0.1) is 0 Å². The molecule has 10 heteroatoms. The van der Waals surface area contributed by atoms with E-state index in [0.29, 0.717) is 0 Å². The van der Waals surface area contributed by atoms with Gasteiger partial charge in [-0.15, -0.1) is 0 Å². The number of amides is 1. The zero-order valence-corrected chi connectivity index (χ0v) is 14.6. The van der Waals surface area contributed by atoms with Gasteiger partial charge in [0.25, 0.3) is 11.1 Å². The highest BCUT2D eigenvalue weighted by Gasteiger charge is 2.15. The second-order valence-electron chi connectivity index (χ2n) is 5.38. The first-order valence-electron chi connectivity index (χ1n) is 7.76. The van der Waals surface area contributed by atoms with Crippen LogP contribution in [0.5, 0.6) is 0 Å². The van der Waals surface area contributed by atoms with Crippen molar-refractivity contribution in [2.45, 2.75) is 13.0 Å². The standard InChI is InChI=1S/C17H17N3O7/c1-26-16(24)10-7-11(17(25)27-2)9-12(8-10)18-13(21)5-6-20-15(23)4-3-14(22)19-20/h3-4,7-9H,5-6H2,1-2H3,(H,18,21)(H,19,22). The lowest BCUT2D eigenvalue weighted by atomic mass is 10.1. The molecule has 2 aromatic rings. The number of aromatic amines is 1. The molecule has 1 aromatic carbocycles. The van der Waals surface area contributed by atoms with Crippen LogP contribution in [0.4, 0.5) is 5.69 Å². The van der Waals surface area contributed by atoms with Crippen molar-refractivity contribution in [3.8, 4) is 0 Å². The van der Waals surface area contributed by atoms with Crippen molar-refractivity contribution in [2.75, 3.05) is 19.5 Å². The fraction of sp³-hybridized carbons (Fsp3) is 0.235. The number of nitrogens with zero attached hydrogens (tertiary/aromatic N) is 1. The summed E-state index contributed by atoms with van der Waals surface area (Å²) in [7, 11) is 2.37. The number of carbonyl (C=O) groups excluding carboxylic acids is 3. The van der Waals surface area contributed by atoms with Crippen molar-refractivity contribution in [2.24, 2.45) is 0 Å². The van der Waals surface area contributed by atoms with E-state index in [9.17, 15) is 24.0 Å². The molecule has 2 N–H and O–H groups in total. The van der Waals surface area contributed by atoms with E-state index >= 15 is 0 Å². The molecule has 0 aliphatic rings. The van der Waals surface area contributed by atoms with Crippen LogP contribution in [0.1, 0.15) is 27.1 Å². The largest absolute Gasteiger partial charge is 0.465 e. The van der Waals surface area contributed by atoms with E-state index in [4.69, 9.17) is 0 Å². The van der Waals surface area contributed by atoms with E-state index in [-0.39, 0.29) is 29.8 Å². The van der Waals surface area contributed by atoms with Crippen LogP contribution in [0.3, 0.4) is 0 Å². The van der Waals surface area contributed by atoms with Gasteiger partial charge in [-0.05, 0) is 18.2 Å². The number of anilines is 1. The second kappa shape index (κ2) is 8.61. The molecule has 0 fully saturated rings. The number of hydrogen-bond donors (Lipinski definition) is 2. The molecule has 142 valence electrons. The highest BCUT2D eigenvalue weighted by Crippen LogP contribution is 2.17. The summed E-state index contributed by atoms with van der Waals surface area (Å²) in [5.41, 5.74) is -0.637. The summed E-state index contributed by atoms with van der Waals surface area (Å²) in [5, 5.41) is 4.83. The molecule has 1 heterocycles. The summed E-state index contributed by atoms with van der Waals surface area (Å²) in [6, 6.07) is 6.14. The predicted molar refractivity (Wildman–Crippen MR) is 93.7 cm³/mol. The Labute approximate surface area is 152 Å². The van der Waals surface area contributed by atoms with Gasteiger partial charge < -0.3 is 14.8 Å². The smallest absolute Gasteiger partial charge is 0.337 e. The van der Waals surface area contributed by atoms with E-state index in [1.165, 1.54) is 32.4 Å². The summed E-state index contributed by atoms with van der Waals surface area (Å²) in [4.78, 5) is 58.4. The summed E-state index contributed by atoms with van der Waals surface area (Å²) in [5.74, 6) is -1.88. The molecule has 0 radical (unpaired) electrons. The normalized spacial score (nSPS) is 10.1. The van der Waals surface area contributed by atoms with Gasteiger partial charge in [-0.1, -0.05) is 0 Å². The third-order valence-electron chi connectivity index (χ3n) is 3.51. The molecular formula is C17H17N3O7. The summed E-state index contributed by atoms with van der Waals surface area (Å²) < 4.78 is 10.2. The Morgan fingerprint density at radius 2 is 1.59 bits per heavy atom. The predicted octanol–water partition coefficient (Wildman–Crippen LogP) is 0.139. The van der Waals surface area contributed by atoms with Gasteiger partial charge in [-0.2, -0.15) is 0 Å². The minimum Gasteiger partial charge on any atom is -0.465 e. The highest BCUT2D eigenvalue weighted by atomic mass is 16.5. The third kappa shape index (κ3) is 5.14. The lowest BCUT2D eigenvalue weighted by Gasteiger charge is -2.10. The number of aryl methyl sites for hydroxylation is 1. The number of carbonyl (C=O) groups is 3. The van der Waals surface area contributed by atoms with Gasteiger partial charge in [0.1, 0.15) is 0 Å². The van der Waals surface area contributed by atoms with Crippen molar-refractivity contribution in [3.05, 3.63) is 62.2 Å². The quantitative estimate of drug-likeness (QED) is 0.685. The SMILES string of the molecule is COC(=O)c1cc(NC(=O)CCn2[nH]c(=O)ccc2=O)cc(C(=O)OC)c1. The van der Waals surface area contributed by atoms with Gasteiger partial charge in [0.05, 0.1) is 31.9 Å². The van der Waals surface area contributed by atoms with Crippen molar-refractivity contribution < 1.29 is 23.9 Å². The van der Waals surface area contributed by atoms with Gasteiger partial charge in [-0.25, -0.2) is 14.3 Å². The topological polar surface area (TPSA) is 137 Å². The molecule has 0 aliphatic carbocycles. The Balaban J connectivity index is 2.17. The molecule has 0 saturated carbocycles. The number of nitrogens with one attached hydrogen (secondary N) is 2. The third-order valence-corrected chi connectivity index (χ3v) is 3.51. The maximum Gasteiger partial charge on any atom is 0.337 e. The highest BCUT2D eigenvalue weighted by molar-refractivity contribution is 5.99. The number of hydrogen-bond acceptors (Lipinski definition) is 7. The maximum absolute atomic E-state index is 12.1. The molecule has 1 aromatic heterocycles. The zero-order valence-electron chi connectivity index (χ0n) is 14.6. The number of methoxy groups -OCH3 is 2. The van der Waals surface area contributed by atoms with Crippen LogP contribution in [-0.2, 0) is 20.8 Å². The van der Waals surface area contributed by atoms with Crippen molar-refractivity contribution >= 4 is 23.5 Å². The van der Waals surface area contributed by atoms with Gasteiger partial charge in [0.15, 0.2) is 0 Å². The average Bonchev–Trinajstić information content (AvgIpc) is 2.67. The first-order valence-corrected chi connectivity index (χ1v) is 7.76. The fourth-order valence-electron chi connectivity index (χ4n) is 2.24. The van der Waals surface area contributed by atoms with Crippen LogP contribution in [0.25, 0.3) is 0 Å². The molecule has 0 spiro atoms. The Morgan fingerprint density at radius 1 is 1.00 bits per heavy atom. The number of aromatic nitrogens is 2. The molecular weight excluding hydrogens is 358 g/mol. The van der Waals surface area contributed by atoms with Crippen LogP contribution in [0.2, 0.25) is 0 Å². The van der Waals surface area contributed by atoms with Crippen LogP contribution in [-0.4, -0.2) is 41.8 Å². The van der Waals surface area contributed by atoms with E-state index in [1.807, 2.05) is 0 Å². The Morgan fingerprint density at radius 3 is 2.15 bits per heavy atom. The van der Waals surface area contributed by atoms with Crippen molar-refractivity contribution in [1.82, 2.24) is 9.78 Å². The molecule has 1 amide bonds. The number of ether oxygens (including phenoxy) is 2. The van der Waals surface area contributed by atoms with E-state index in [2.05, 4.69) is 19.9 Å². The minimum absolute atomic E-state index is 0.0543. The molecule has 0 bridgehead atoms. The number of rotatable bonds is 6.